The van der Waals surface area contributed by atoms with Crippen molar-refractivity contribution < 1.29 is 18.4 Å². The first-order chi connectivity index (χ1) is 9.54. The van der Waals surface area contributed by atoms with Gasteiger partial charge in [-0.15, -0.1) is 0 Å². The SMILES string of the molecule is O=C1C(C2CC2)NC(=O)C2(CCCCC2)N1CC(F)F. The predicted molar refractivity (Wildman–Crippen MR) is 68.2 cm³/mol. The highest BCUT2D eigenvalue weighted by molar-refractivity contribution is 6.00. The molecule has 0 aromatic heterocycles. The Morgan fingerprint density at radius 1 is 1.20 bits per heavy atom. The number of alkyl halides is 2. The Hall–Kier alpha value is -1.20. The van der Waals surface area contributed by atoms with Crippen LogP contribution in [0.1, 0.15) is 44.9 Å². The van der Waals surface area contributed by atoms with Crippen molar-refractivity contribution in [3.8, 4) is 0 Å². The molecule has 20 heavy (non-hydrogen) atoms. The number of halogens is 2. The highest BCUT2D eigenvalue weighted by Crippen LogP contribution is 2.41. The second-order valence-corrected chi connectivity index (χ2v) is 6.22. The van der Waals surface area contributed by atoms with Crippen molar-refractivity contribution in [3.63, 3.8) is 0 Å². The van der Waals surface area contributed by atoms with Crippen molar-refractivity contribution >= 4 is 11.8 Å². The maximum Gasteiger partial charge on any atom is 0.255 e. The smallest absolute Gasteiger partial charge is 0.255 e. The van der Waals surface area contributed by atoms with Crippen LogP contribution < -0.4 is 5.32 Å². The van der Waals surface area contributed by atoms with Gasteiger partial charge in [-0.05, 0) is 31.6 Å². The van der Waals surface area contributed by atoms with Gasteiger partial charge in [0.05, 0.1) is 6.54 Å². The van der Waals surface area contributed by atoms with Crippen molar-refractivity contribution in [2.24, 2.45) is 5.92 Å². The van der Waals surface area contributed by atoms with Gasteiger partial charge in [-0.3, -0.25) is 9.59 Å². The molecule has 1 heterocycles. The highest BCUT2D eigenvalue weighted by atomic mass is 19.3. The van der Waals surface area contributed by atoms with Gasteiger partial charge in [-0.2, -0.15) is 0 Å². The van der Waals surface area contributed by atoms with Gasteiger partial charge in [0.25, 0.3) is 6.43 Å². The Morgan fingerprint density at radius 3 is 2.40 bits per heavy atom. The highest BCUT2D eigenvalue weighted by Gasteiger charge is 2.55. The van der Waals surface area contributed by atoms with E-state index in [1.165, 1.54) is 4.90 Å². The molecule has 112 valence electrons. The van der Waals surface area contributed by atoms with Gasteiger partial charge in [-0.1, -0.05) is 19.3 Å². The summed E-state index contributed by atoms with van der Waals surface area (Å²) in [6.07, 6.45) is 2.84. The number of nitrogens with zero attached hydrogens (tertiary/aromatic N) is 1. The molecule has 1 aliphatic heterocycles. The number of carbonyl (C=O) groups excluding carboxylic acids is 2. The Morgan fingerprint density at radius 2 is 1.85 bits per heavy atom. The zero-order valence-corrected chi connectivity index (χ0v) is 11.4. The van der Waals surface area contributed by atoms with E-state index in [1.807, 2.05) is 0 Å². The third-order valence-electron chi connectivity index (χ3n) is 4.85. The Labute approximate surface area is 116 Å². The number of carbonyl (C=O) groups is 2. The van der Waals surface area contributed by atoms with Gasteiger partial charge in [-0.25, -0.2) is 8.78 Å². The minimum absolute atomic E-state index is 0.146. The lowest BCUT2D eigenvalue weighted by Crippen LogP contribution is -2.72. The van der Waals surface area contributed by atoms with Crippen LogP contribution >= 0.6 is 0 Å². The molecule has 3 aliphatic rings. The van der Waals surface area contributed by atoms with E-state index >= 15 is 0 Å². The summed E-state index contributed by atoms with van der Waals surface area (Å²) in [7, 11) is 0. The zero-order chi connectivity index (χ0) is 14.3. The standard InChI is InChI=1S/C14H20F2N2O2/c15-10(16)8-18-12(19)11(9-4-5-9)17-13(20)14(18)6-2-1-3-7-14/h9-11H,1-8H2,(H,17,20). The van der Waals surface area contributed by atoms with Crippen molar-refractivity contribution in [3.05, 3.63) is 0 Å². The van der Waals surface area contributed by atoms with Crippen LogP contribution in [0.5, 0.6) is 0 Å². The second kappa shape index (κ2) is 4.97. The van der Waals surface area contributed by atoms with Crippen molar-refractivity contribution in [2.45, 2.75) is 63.0 Å². The molecule has 1 N–H and O–H groups in total. The average Bonchev–Trinajstić information content (AvgIpc) is 3.25. The summed E-state index contributed by atoms with van der Waals surface area (Å²) < 4.78 is 25.8. The Bertz CT molecular complexity index is 417. The first-order valence-electron chi connectivity index (χ1n) is 7.45. The van der Waals surface area contributed by atoms with Crippen LogP contribution in [0.15, 0.2) is 0 Å². The molecule has 1 saturated heterocycles. The molecule has 2 saturated carbocycles. The first-order valence-corrected chi connectivity index (χ1v) is 7.45. The lowest BCUT2D eigenvalue weighted by Gasteiger charge is -2.50. The lowest BCUT2D eigenvalue weighted by atomic mass is 9.77. The Kier molecular flexibility index (Phi) is 3.42. The normalized spacial score (nSPS) is 29.9. The molecule has 1 atom stereocenters. The summed E-state index contributed by atoms with van der Waals surface area (Å²) in [5, 5.41) is 2.82. The Balaban J connectivity index is 1.90. The van der Waals surface area contributed by atoms with Gasteiger partial charge in [0.15, 0.2) is 0 Å². The molecule has 0 aromatic rings. The van der Waals surface area contributed by atoms with Crippen molar-refractivity contribution in [1.82, 2.24) is 10.2 Å². The van der Waals surface area contributed by atoms with E-state index in [9.17, 15) is 18.4 Å². The number of rotatable bonds is 3. The first kappa shape index (κ1) is 13.8. The van der Waals surface area contributed by atoms with E-state index in [0.717, 1.165) is 32.1 Å². The van der Waals surface area contributed by atoms with E-state index in [1.54, 1.807) is 0 Å². The number of hydrogen-bond acceptors (Lipinski definition) is 2. The van der Waals surface area contributed by atoms with E-state index in [0.29, 0.717) is 12.8 Å². The fourth-order valence-electron chi connectivity index (χ4n) is 3.62. The maximum atomic E-state index is 12.9. The largest absolute Gasteiger partial charge is 0.342 e. The molecule has 1 spiro atoms. The van der Waals surface area contributed by atoms with Gasteiger partial charge >= 0.3 is 0 Å². The van der Waals surface area contributed by atoms with E-state index in [4.69, 9.17) is 0 Å². The molecule has 2 amide bonds. The molecule has 0 bridgehead atoms. The van der Waals surface area contributed by atoms with Crippen LogP contribution in [0.4, 0.5) is 8.78 Å². The monoisotopic (exact) mass is 286 g/mol. The third-order valence-corrected chi connectivity index (χ3v) is 4.85. The average molecular weight is 286 g/mol. The topological polar surface area (TPSA) is 49.4 Å². The van der Waals surface area contributed by atoms with Crippen LogP contribution in [0.25, 0.3) is 0 Å². The van der Waals surface area contributed by atoms with Crippen molar-refractivity contribution in [2.75, 3.05) is 6.54 Å². The zero-order valence-electron chi connectivity index (χ0n) is 11.4. The number of nitrogens with one attached hydrogen (secondary N) is 1. The molecular weight excluding hydrogens is 266 g/mol. The summed E-state index contributed by atoms with van der Waals surface area (Å²) >= 11 is 0. The molecule has 3 rings (SSSR count). The second-order valence-electron chi connectivity index (χ2n) is 6.22. The summed E-state index contributed by atoms with van der Waals surface area (Å²) in [6.45, 7) is -0.616. The third kappa shape index (κ3) is 2.19. The minimum atomic E-state index is -2.59. The maximum absolute atomic E-state index is 12.9. The van der Waals surface area contributed by atoms with Crippen LogP contribution in [-0.4, -0.2) is 41.3 Å². The van der Waals surface area contributed by atoms with E-state index < -0.39 is 24.6 Å². The quantitative estimate of drug-likeness (QED) is 0.858. The number of amides is 2. The van der Waals surface area contributed by atoms with Crippen LogP contribution in [0.3, 0.4) is 0 Å². The van der Waals surface area contributed by atoms with Gasteiger partial charge in [0.2, 0.25) is 11.8 Å². The van der Waals surface area contributed by atoms with Gasteiger partial charge in [0.1, 0.15) is 11.6 Å². The fraction of sp³-hybridized carbons (Fsp3) is 0.857. The minimum Gasteiger partial charge on any atom is -0.342 e. The summed E-state index contributed by atoms with van der Waals surface area (Å²) in [5.41, 5.74) is -1.02. The molecule has 2 aliphatic carbocycles. The molecular formula is C14H20F2N2O2. The lowest BCUT2D eigenvalue weighted by molar-refractivity contribution is -0.163. The van der Waals surface area contributed by atoms with E-state index in [2.05, 4.69) is 5.32 Å². The van der Waals surface area contributed by atoms with Crippen molar-refractivity contribution in [1.29, 1.82) is 0 Å². The summed E-state index contributed by atoms with van der Waals surface area (Å²) in [5.74, 6) is -0.365. The predicted octanol–water partition coefficient (Wildman–Crippen LogP) is 1.69. The van der Waals surface area contributed by atoms with Crippen LogP contribution in [0, 0.1) is 5.92 Å². The van der Waals surface area contributed by atoms with Crippen LogP contribution in [0.2, 0.25) is 0 Å². The summed E-state index contributed by atoms with van der Waals surface area (Å²) in [4.78, 5) is 26.2. The fourth-order valence-corrected chi connectivity index (χ4v) is 3.62. The number of hydrogen-bond donors (Lipinski definition) is 1. The number of piperazine rings is 1. The van der Waals surface area contributed by atoms with Gasteiger partial charge < -0.3 is 10.2 Å². The van der Waals surface area contributed by atoms with E-state index in [-0.39, 0.29) is 17.7 Å². The molecule has 6 heteroatoms. The molecule has 4 nitrogen and oxygen atoms in total. The molecule has 0 aromatic carbocycles. The molecule has 3 fully saturated rings. The van der Waals surface area contributed by atoms with Gasteiger partial charge in [0, 0.05) is 0 Å². The molecule has 0 radical (unpaired) electrons. The molecule has 1 unspecified atom stereocenters. The summed E-state index contributed by atoms with van der Waals surface area (Å²) in [6, 6.07) is -0.575. The van der Waals surface area contributed by atoms with Crippen LogP contribution in [-0.2, 0) is 9.59 Å².